The number of anilines is 6. The summed E-state index contributed by atoms with van der Waals surface area (Å²) < 4.78 is 230. The SMILES string of the molecule is [2H]c1c(-n2c3c([2H])c([2H])c([2H])c([2H])c3c3c([2H])c([2H])c([2H])c([2H])c32)cc2c(c1[2H])B1c3c(c([2H])c(C(C)(C)C)c([2H])c3N2c2cc(-c3ccccc3)cc3oc4ccccc4c23)N2c3c(-c4ccccc4)cccc3-c3ccccc3-c3cccc(c3)-c3c2c1c([2H])c([2H])c3-n1c2c([2H])c([2H])c([2H])c([2H])c2c2c([2H])c([2H])c([2H])c([2H])c21. The maximum absolute atomic E-state index is 11.6. The molecule has 94 heavy (non-hydrogen) atoms. The second kappa shape index (κ2) is 19.8. The Kier molecular flexibility index (Phi) is 7.52. The lowest BCUT2D eigenvalue weighted by molar-refractivity contribution is 0.590. The van der Waals surface area contributed by atoms with Crippen molar-refractivity contribution in [1.82, 2.24) is 9.13 Å². The smallest absolute Gasteiger partial charge is 0.252 e. The van der Waals surface area contributed by atoms with E-state index in [2.05, 4.69) is 0 Å². The van der Waals surface area contributed by atoms with Crippen LogP contribution in [-0.4, -0.2) is 15.8 Å². The van der Waals surface area contributed by atoms with Gasteiger partial charge >= 0.3 is 0 Å². The predicted molar refractivity (Wildman–Crippen MR) is 396 cm³/mol. The van der Waals surface area contributed by atoms with E-state index in [-0.39, 0.29) is 123 Å². The van der Waals surface area contributed by atoms with Gasteiger partial charge in [0, 0.05) is 66.4 Å². The van der Waals surface area contributed by atoms with Gasteiger partial charge in [-0.2, -0.15) is 0 Å². The lowest BCUT2D eigenvalue weighted by atomic mass is 9.33. The normalized spacial score (nSPS) is 16.3. The average molecular weight is 1220 g/mol. The predicted octanol–water partition coefficient (Wildman–Crippen LogP) is 21.8. The van der Waals surface area contributed by atoms with Gasteiger partial charge in [0.25, 0.3) is 6.71 Å². The van der Waals surface area contributed by atoms with Crippen molar-refractivity contribution in [3.05, 3.63) is 308 Å². The summed E-state index contributed by atoms with van der Waals surface area (Å²) in [7, 11) is 0. The zero-order valence-electron chi connectivity index (χ0n) is 72.4. The highest BCUT2D eigenvalue weighted by atomic mass is 16.3. The van der Waals surface area contributed by atoms with Gasteiger partial charge in [-0.25, -0.2) is 0 Å². The molecule has 17 aromatic rings. The highest BCUT2D eigenvalue weighted by Gasteiger charge is 2.47. The van der Waals surface area contributed by atoms with Crippen LogP contribution >= 0.6 is 0 Å². The lowest BCUT2D eigenvalue weighted by Crippen LogP contribution is -2.61. The largest absolute Gasteiger partial charge is 0.456 e. The highest BCUT2D eigenvalue weighted by molar-refractivity contribution is 7.00. The molecule has 6 heteroatoms. The van der Waals surface area contributed by atoms with Crippen LogP contribution < -0.4 is 26.2 Å². The number of furan rings is 1. The van der Waals surface area contributed by atoms with Gasteiger partial charge in [-0.1, -0.05) is 245 Å². The van der Waals surface area contributed by atoms with E-state index in [1.54, 1.807) is 17.0 Å². The van der Waals surface area contributed by atoms with Gasteiger partial charge in [0.15, 0.2) is 0 Å². The van der Waals surface area contributed by atoms with E-state index in [0.717, 1.165) is 0 Å². The molecule has 0 saturated heterocycles. The summed E-state index contributed by atoms with van der Waals surface area (Å²) in [6.45, 7) is 3.96. The number of para-hydroxylation sites is 6. The molecule has 6 heterocycles. The third kappa shape index (κ3) is 7.53. The number of rotatable bonds is 5. The minimum absolute atomic E-state index is 0.0169. The van der Waals surface area contributed by atoms with Crippen LogP contribution in [0.25, 0.3) is 133 Å². The van der Waals surface area contributed by atoms with Gasteiger partial charge in [0.1, 0.15) is 11.2 Å². The Hall–Kier alpha value is -11.9. The summed E-state index contributed by atoms with van der Waals surface area (Å²) in [6, 6.07) is 38.3. The van der Waals surface area contributed by atoms with Crippen LogP contribution in [0.15, 0.2) is 307 Å². The van der Waals surface area contributed by atoms with Crippen molar-refractivity contribution in [2.45, 2.75) is 26.2 Å². The first kappa shape index (κ1) is 35.7. The topological polar surface area (TPSA) is 29.5 Å². The van der Waals surface area contributed by atoms with Gasteiger partial charge in [-0.3, -0.25) is 0 Å². The van der Waals surface area contributed by atoms with Crippen LogP contribution in [-0.2, 0) is 5.41 Å². The van der Waals surface area contributed by atoms with Gasteiger partial charge in [0.05, 0.1) is 80.4 Å². The van der Waals surface area contributed by atoms with E-state index >= 15 is 0 Å². The fourth-order valence-corrected chi connectivity index (χ4v) is 14.8. The quantitative estimate of drug-likeness (QED) is 0.161. The lowest BCUT2D eigenvalue weighted by Gasteiger charge is -2.47. The van der Waals surface area contributed by atoms with Crippen molar-refractivity contribution in [3.8, 4) is 67.0 Å². The Morgan fingerprint density at radius 1 is 0.362 bits per heavy atom. The summed E-state index contributed by atoms with van der Waals surface area (Å²) >= 11 is 0. The number of benzene rings is 14. The van der Waals surface area contributed by atoms with Crippen LogP contribution in [0.2, 0.25) is 0 Å². The Labute approximate surface area is 575 Å². The number of fused-ring (bicyclic) bond motifs is 21. The minimum Gasteiger partial charge on any atom is -0.456 e. The van der Waals surface area contributed by atoms with Gasteiger partial charge in [0.2, 0.25) is 0 Å². The monoisotopic (exact) mass is 1220 g/mol. The van der Waals surface area contributed by atoms with Gasteiger partial charge in [-0.15, -0.1) is 0 Å². The van der Waals surface area contributed by atoms with Crippen molar-refractivity contribution in [2.24, 2.45) is 0 Å². The summed E-state index contributed by atoms with van der Waals surface area (Å²) in [5, 5.41) is -0.179. The molecule has 0 atom stereocenters. The average Bonchev–Trinajstić information content (AvgIpc) is 0.758. The molecule has 0 saturated carbocycles. The zero-order chi connectivity index (χ0) is 81.2. The minimum atomic E-state index is -1.67. The molecule has 440 valence electrons. The molecule has 0 unspecified atom stereocenters. The fourth-order valence-electron chi connectivity index (χ4n) is 14.8. The molecular formula is C88H59BN4O. The molecule has 0 fully saturated rings. The standard InChI is InChI=1S/C88H59BN4O/c1-88(2,3)59-51-79-85-80(52-59)93-86-62(55-26-8-5-9-27-55)37-23-38-68(86)63-31-11-10-30-61(63)56-28-22-29-57(48-56)83-76(91-74-41-19-14-34-66(74)67-35-15-20-42-75(67)91)47-46-71(87(83)93)89(85)70-45-44-60(90-72-39-17-12-32-64(72)65-33-13-18-40-73(65)90)53-77(70)92(79)78-49-58(54-24-6-4-7-25-54)50-82-84(78)69-36-16-21-43-81(69)94-82/h4-53H,1-3H3/i12D,13D,14D,15D,17D,18D,19D,20D,32D,33D,34D,35D,39D,40D,41D,42D,44D,45D,46D,47D,51D,52D. The molecule has 3 aliphatic rings. The first-order valence-corrected chi connectivity index (χ1v) is 31.0. The second-order valence-corrected chi connectivity index (χ2v) is 25.0. The van der Waals surface area contributed by atoms with Crippen molar-refractivity contribution in [1.29, 1.82) is 0 Å². The molecule has 0 amide bonds. The van der Waals surface area contributed by atoms with E-state index in [4.69, 9.17) is 7.16 Å². The number of hydrogen-bond acceptors (Lipinski definition) is 3. The molecule has 20 rings (SSSR count). The molecule has 0 N–H and O–H groups in total. The van der Waals surface area contributed by atoms with Crippen LogP contribution in [0.3, 0.4) is 0 Å². The second-order valence-electron chi connectivity index (χ2n) is 25.0. The van der Waals surface area contributed by atoms with E-state index < -0.39 is 133 Å². The van der Waals surface area contributed by atoms with Crippen molar-refractivity contribution < 1.29 is 34.6 Å². The number of aromatic nitrogens is 2. The van der Waals surface area contributed by atoms with E-state index in [9.17, 15) is 27.4 Å². The Morgan fingerprint density at radius 2 is 0.915 bits per heavy atom. The zero-order valence-corrected chi connectivity index (χ0v) is 50.4. The Balaban J connectivity index is 1.08. The molecule has 0 spiro atoms. The Morgan fingerprint density at radius 3 is 1.61 bits per heavy atom. The van der Waals surface area contributed by atoms with Gasteiger partial charge in [-0.05, 0) is 145 Å². The summed E-state index contributed by atoms with van der Waals surface area (Å²) in [4.78, 5) is 3.67. The fraction of sp³-hybridized carbons (Fsp3) is 0.0455. The van der Waals surface area contributed by atoms with Crippen molar-refractivity contribution in [2.75, 3.05) is 9.80 Å². The number of nitrogens with zero attached hydrogens (tertiary/aromatic N) is 4. The van der Waals surface area contributed by atoms with Gasteiger partial charge < -0.3 is 23.4 Å². The van der Waals surface area contributed by atoms with Crippen LogP contribution in [0.1, 0.15) is 56.5 Å². The molecule has 14 aromatic carbocycles. The molecular weight excluding hydrogens is 1140 g/mol. The van der Waals surface area contributed by atoms with E-state index in [0.29, 0.717) is 77.8 Å². The molecule has 3 aliphatic heterocycles. The van der Waals surface area contributed by atoms with Crippen LogP contribution in [0.5, 0.6) is 0 Å². The third-order valence-electron chi connectivity index (χ3n) is 18.8. The molecule has 0 radical (unpaired) electrons. The maximum Gasteiger partial charge on any atom is 0.252 e. The summed E-state index contributed by atoms with van der Waals surface area (Å²) in [5.41, 5.74) is 3.92. The highest BCUT2D eigenvalue weighted by Crippen LogP contribution is 2.57. The molecule has 5 nitrogen and oxygen atoms in total. The molecule has 3 aromatic heterocycles. The molecule has 2 bridgehead atoms. The summed E-state index contributed by atoms with van der Waals surface area (Å²) in [5.74, 6) is 0. The first-order chi connectivity index (χ1) is 55.5. The van der Waals surface area contributed by atoms with Crippen LogP contribution in [0.4, 0.5) is 34.1 Å². The number of hydrogen-bond donors (Lipinski definition) is 0. The van der Waals surface area contributed by atoms with Crippen molar-refractivity contribution in [3.63, 3.8) is 0 Å². The van der Waals surface area contributed by atoms with E-state index in [1.165, 1.54) is 15.2 Å². The molecule has 0 aliphatic carbocycles. The van der Waals surface area contributed by atoms with Crippen LogP contribution in [0, 0.1) is 0 Å². The summed E-state index contributed by atoms with van der Waals surface area (Å²) in [6.07, 6.45) is 0. The maximum atomic E-state index is 11.6. The van der Waals surface area contributed by atoms with E-state index in [1.807, 2.05) is 177 Å². The third-order valence-corrected chi connectivity index (χ3v) is 18.8. The first-order valence-electron chi connectivity index (χ1n) is 42.0. The Bertz CT molecular complexity index is 7280. The van der Waals surface area contributed by atoms with Crippen molar-refractivity contribution >= 4 is 123 Å².